The molecule has 2 heterocycles. The molecule has 4 rings (SSSR count). The van der Waals surface area contributed by atoms with Crippen molar-refractivity contribution in [2.24, 2.45) is 0 Å². The van der Waals surface area contributed by atoms with Gasteiger partial charge in [0.15, 0.2) is 0 Å². The van der Waals surface area contributed by atoms with Gasteiger partial charge in [0.05, 0.1) is 11.7 Å². The molecule has 116 valence electrons. The van der Waals surface area contributed by atoms with Gasteiger partial charge in [-0.2, -0.15) is 0 Å². The molecule has 0 bridgehead atoms. The molecule has 5 nitrogen and oxygen atoms in total. The Bertz CT molecular complexity index is 855. The van der Waals surface area contributed by atoms with Crippen molar-refractivity contribution in [3.8, 4) is 0 Å². The van der Waals surface area contributed by atoms with Crippen LogP contribution in [0, 0.1) is 0 Å². The number of rotatable bonds is 2. The van der Waals surface area contributed by atoms with Gasteiger partial charge >= 0.3 is 6.03 Å². The van der Waals surface area contributed by atoms with Crippen LogP contribution in [0.1, 0.15) is 30.0 Å². The Kier molecular flexibility index (Phi) is 3.46. The zero-order chi connectivity index (χ0) is 15.6. The molecule has 0 saturated carbocycles. The van der Waals surface area contributed by atoms with Crippen LogP contribution in [0.3, 0.4) is 0 Å². The summed E-state index contributed by atoms with van der Waals surface area (Å²) in [6, 6.07) is 12.0. The number of aromatic nitrogens is 2. The highest BCUT2D eigenvalue weighted by Crippen LogP contribution is 2.29. The number of urea groups is 1. The van der Waals surface area contributed by atoms with Crippen LogP contribution in [0.2, 0.25) is 0 Å². The number of nitrogens with one attached hydrogen (secondary N) is 3. The van der Waals surface area contributed by atoms with E-state index in [4.69, 9.17) is 0 Å². The highest BCUT2D eigenvalue weighted by atomic mass is 16.2. The molecule has 0 spiro atoms. The third kappa shape index (κ3) is 2.65. The second-order valence-electron chi connectivity index (χ2n) is 5.84. The fraction of sp³-hybridized carbons (Fsp3) is 0.222. The van der Waals surface area contributed by atoms with Crippen molar-refractivity contribution in [1.29, 1.82) is 0 Å². The number of pyridine rings is 1. The number of anilines is 1. The van der Waals surface area contributed by atoms with Gasteiger partial charge in [-0.25, -0.2) is 9.78 Å². The number of carbonyl (C=O) groups excluding carboxylic acids is 1. The first-order valence-corrected chi connectivity index (χ1v) is 7.89. The fourth-order valence-corrected chi connectivity index (χ4v) is 3.28. The van der Waals surface area contributed by atoms with Crippen LogP contribution in [0.25, 0.3) is 11.0 Å². The van der Waals surface area contributed by atoms with E-state index in [2.05, 4.69) is 38.8 Å². The fourth-order valence-electron chi connectivity index (χ4n) is 3.28. The Morgan fingerprint density at radius 3 is 3.09 bits per heavy atom. The summed E-state index contributed by atoms with van der Waals surface area (Å²) in [6.07, 6.45) is 6.65. The average Bonchev–Trinajstić information content (AvgIpc) is 2.98. The molecule has 1 unspecified atom stereocenters. The Morgan fingerprint density at radius 2 is 2.13 bits per heavy atom. The summed E-state index contributed by atoms with van der Waals surface area (Å²) in [4.78, 5) is 19.7. The van der Waals surface area contributed by atoms with Crippen molar-refractivity contribution >= 4 is 22.8 Å². The Hall–Kier alpha value is -2.82. The lowest BCUT2D eigenvalue weighted by molar-refractivity contribution is 0.247. The third-order valence-corrected chi connectivity index (χ3v) is 4.37. The molecule has 2 aromatic heterocycles. The topological polar surface area (TPSA) is 69.8 Å². The van der Waals surface area contributed by atoms with E-state index in [1.165, 1.54) is 11.1 Å². The van der Waals surface area contributed by atoms with Gasteiger partial charge in [-0.3, -0.25) is 0 Å². The lowest BCUT2D eigenvalue weighted by Crippen LogP contribution is -2.34. The van der Waals surface area contributed by atoms with E-state index in [-0.39, 0.29) is 12.1 Å². The predicted octanol–water partition coefficient (Wildman–Crippen LogP) is 3.76. The molecule has 2 amide bonds. The molecular formula is C18H18N4O. The normalized spacial score (nSPS) is 16.8. The van der Waals surface area contributed by atoms with Crippen molar-refractivity contribution < 1.29 is 4.79 Å². The van der Waals surface area contributed by atoms with E-state index >= 15 is 0 Å². The quantitative estimate of drug-likeness (QED) is 0.674. The van der Waals surface area contributed by atoms with Crippen LogP contribution in [-0.2, 0) is 6.42 Å². The first-order chi connectivity index (χ1) is 11.3. The SMILES string of the molecule is O=C(Nc1c[nH]c2ncccc12)NC1CCCc2ccccc21. The molecule has 5 heteroatoms. The number of benzene rings is 1. The Morgan fingerprint density at radius 1 is 1.22 bits per heavy atom. The monoisotopic (exact) mass is 306 g/mol. The van der Waals surface area contributed by atoms with E-state index < -0.39 is 0 Å². The van der Waals surface area contributed by atoms with Crippen LogP contribution in [0.5, 0.6) is 0 Å². The maximum atomic E-state index is 12.4. The second kappa shape index (κ2) is 5.76. The molecule has 1 atom stereocenters. The van der Waals surface area contributed by atoms with Gasteiger partial charge in [-0.1, -0.05) is 24.3 Å². The summed E-state index contributed by atoms with van der Waals surface area (Å²) >= 11 is 0. The number of aryl methyl sites for hydroxylation is 1. The average molecular weight is 306 g/mol. The molecular weight excluding hydrogens is 288 g/mol. The van der Waals surface area contributed by atoms with Gasteiger partial charge in [0, 0.05) is 17.8 Å². The summed E-state index contributed by atoms with van der Waals surface area (Å²) in [7, 11) is 0. The van der Waals surface area contributed by atoms with Gasteiger partial charge < -0.3 is 15.6 Å². The molecule has 3 N–H and O–H groups in total. The van der Waals surface area contributed by atoms with E-state index in [9.17, 15) is 4.79 Å². The molecule has 1 aromatic carbocycles. The van der Waals surface area contributed by atoms with Gasteiger partial charge in [0.1, 0.15) is 5.65 Å². The zero-order valence-corrected chi connectivity index (χ0v) is 12.7. The molecule has 3 aromatic rings. The summed E-state index contributed by atoms with van der Waals surface area (Å²) in [5.41, 5.74) is 4.08. The standard InChI is InChI=1S/C18H18N4O/c23-18(22-16-11-20-17-14(16)8-4-10-19-17)21-15-9-3-6-12-5-1-2-7-13(12)15/h1-2,4-5,7-8,10-11,15H,3,6,9H2,(H,19,20)(H2,21,22,23). The minimum atomic E-state index is -0.184. The van der Waals surface area contributed by atoms with Crippen LogP contribution >= 0.6 is 0 Å². The Balaban J connectivity index is 1.51. The predicted molar refractivity (Wildman–Crippen MR) is 90.4 cm³/mol. The van der Waals surface area contributed by atoms with E-state index in [0.717, 1.165) is 36.0 Å². The van der Waals surface area contributed by atoms with E-state index in [0.29, 0.717) is 0 Å². The van der Waals surface area contributed by atoms with Crippen LogP contribution < -0.4 is 10.6 Å². The summed E-state index contributed by atoms with van der Waals surface area (Å²) in [5, 5.41) is 6.92. The van der Waals surface area contributed by atoms with Gasteiger partial charge in [-0.05, 0) is 42.5 Å². The largest absolute Gasteiger partial charge is 0.344 e. The molecule has 1 aliphatic rings. The van der Waals surface area contributed by atoms with Crippen molar-refractivity contribution in [2.45, 2.75) is 25.3 Å². The number of H-pyrrole nitrogens is 1. The van der Waals surface area contributed by atoms with Crippen molar-refractivity contribution in [1.82, 2.24) is 15.3 Å². The third-order valence-electron chi connectivity index (χ3n) is 4.37. The van der Waals surface area contributed by atoms with Crippen LogP contribution in [-0.4, -0.2) is 16.0 Å². The number of aromatic amines is 1. The van der Waals surface area contributed by atoms with Crippen molar-refractivity contribution in [3.63, 3.8) is 0 Å². The molecule has 0 fully saturated rings. The summed E-state index contributed by atoms with van der Waals surface area (Å²) < 4.78 is 0. The molecule has 0 saturated heterocycles. The summed E-state index contributed by atoms with van der Waals surface area (Å²) in [5.74, 6) is 0. The van der Waals surface area contributed by atoms with Crippen LogP contribution in [0.15, 0.2) is 48.8 Å². The molecule has 1 aliphatic carbocycles. The number of nitrogens with zero attached hydrogens (tertiary/aromatic N) is 1. The second-order valence-corrected chi connectivity index (χ2v) is 5.84. The number of carbonyl (C=O) groups is 1. The maximum absolute atomic E-state index is 12.4. The maximum Gasteiger partial charge on any atom is 0.319 e. The number of hydrogen-bond donors (Lipinski definition) is 3. The van der Waals surface area contributed by atoms with Gasteiger partial charge in [0.25, 0.3) is 0 Å². The number of amides is 2. The van der Waals surface area contributed by atoms with E-state index in [1.54, 1.807) is 12.4 Å². The lowest BCUT2D eigenvalue weighted by atomic mass is 9.88. The summed E-state index contributed by atoms with van der Waals surface area (Å²) in [6.45, 7) is 0. The first-order valence-electron chi connectivity index (χ1n) is 7.89. The van der Waals surface area contributed by atoms with E-state index in [1.807, 2.05) is 18.2 Å². The molecule has 0 aliphatic heterocycles. The van der Waals surface area contributed by atoms with Gasteiger partial charge in [-0.15, -0.1) is 0 Å². The number of fused-ring (bicyclic) bond motifs is 2. The van der Waals surface area contributed by atoms with Crippen LogP contribution in [0.4, 0.5) is 10.5 Å². The van der Waals surface area contributed by atoms with Crippen molar-refractivity contribution in [3.05, 3.63) is 59.9 Å². The Labute approximate surface area is 134 Å². The minimum Gasteiger partial charge on any atom is -0.344 e. The smallest absolute Gasteiger partial charge is 0.319 e. The molecule has 0 radical (unpaired) electrons. The highest BCUT2D eigenvalue weighted by molar-refractivity contribution is 5.99. The first kappa shape index (κ1) is 13.8. The van der Waals surface area contributed by atoms with Crippen molar-refractivity contribution in [2.75, 3.05) is 5.32 Å². The highest BCUT2D eigenvalue weighted by Gasteiger charge is 2.21. The lowest BCUT2D eigenvalue weighted by Gasteiger charge is -2.26. The number of hydrogen-bond acceptors (Lipinski definition) is 2. The van der Waals surface area contributed by atoms with Gasteiger partial charge in [0.2, 0.25) is 0 Å². The zero-order valence-electron chi connectivity index (χ0n) is 12.7. The minimum absolute atomic E-state index is 0.0725. The molecule has 23 heavy (non-hydrogen) atoms.